The van der Waals surface area contributed by atoms with Crippen LogP contribution < -0.4 is 5.32 Å². The fraction of sp³-hybridized carbons (Fsp3) is 0.0500. The van der Waals surface area contributed by atoms with Gasteiger partial charge >= 0.3 is 5.97 Å². The normalized spacial score (nSPS) is 11.0. The summed E-state index contributed by atoms with van der Waals surface area (Å²) in [6.07, 6.45) is 0. The van der Waals surface area contributed by atoms with Crippen molar-refractivity contribution in [3.8, 4) is 11.4 Å². The van der Waals surface area contributed by atoms with Crippen molar-refractivity contribution in [2.45, 2.75) is 6.54 Å². The minimum atomic E-state index is -0.984. The Kier molecular flexibility index (Phi) is 5.61. The van der Waals surface area contributed by atoms with Gasteiger partial charge in [-0.3, -0.25) is 0 Å². The van der Waals surface area contributed by atoms with Gasteiger partial charge < -0.3 is 10.4 Å². The van der Waals surface area contributed by atoms with Crippen LogP contribution in [0.25, 0.3) is 21.6 Å². The molecule has 0 atom stereocenters. The standard InChI is InChI=1S/C20H12Cl3N3O2S/c21-14-6-1-10(7-15(14)22)9-24-18-13-8-16(23)29-19(13)26-17(25-18)11-2-4-12(5-3-11)20(27)28/h1-8H,9H2,(H,27,28)(H,24,25,26). The number of benzene rings is 2. The van der Waals surface area contributed by atoms with Crippen molar-refractivity contribution in [2.75, 3.05) is 5.32 Å². The number of hydrogen-bond donors (Lipinski definition) is 2. The molecule has 2 N–H and O–H groups in total. The van der Waals surface area contributed by atoms with Crippen molar-refractivity contribution >= 4 is 68.1 Å². The minimum Gasteiger partial charge on any atom is -0.478 e. The lowest BCUT2D eigenvalue weighted by molar-refractivity contribution is 0.0697. The van der Waals surface area contributed by atoms with E-state index >= 15 is 0 Å². The van der Waals surface area contributed by atoms with Crippen LogP contribution in [0.2, 0.25) is 14.4 Å². The first-order valence-corrected chi connectivity index (χ1v) is 10.3. The minimum absolute atomic E-state index is 0.201. The third-order valence-electron chi connectivity index (χ3n) is 4.20. The topological polar surface area (TPSA) is 75.1 Å². The van der Waals surface area contributed by atoms with Gasteiger partial charge in [-0.25, -0.2) is 14.8 Å². The molecule has 0 aliphatic heterocycles. The average Bonchev–Trinajstić information content (AvgIpc) is 3.09. The summed E-state index contributed by atoms with van der Waals surface area (Å²) in [5.41, 5.74) is 1.85. The first-order chi connectivity index (χ1) is 13.9. The van der Waals surface area contributed by atoms with Crippen LogP contribution in [0, 0.1) is 0 Å². The molecule has 29 heavy (non-hydrogen) atoms. The fourth-order valence-corrected chi connectivity index (χ4v) is 4.16. The SMILES string of the molecule is O=C(O)c1ccc(-c2nc(NCc3ccc(Cl)c(Cl)c3)c3cc(Cl)sc3n2)cc1. The van der Waals surface area contributed by atoms with E-state index in [-0.39, 0.29) is 5.56 Å². The number of halogens is 3. The third-order valence-corrected chi connectivity index (χ3v) is 6.09. The Morgan fingerprint density at radius 3 is 2.45 bits per heavy atom. The van der Waals surface area contributed by atoms with Crippen LogP contribution in [0.3, 0.4) is 0 Å². The van der Waals surface area contributed by atoms with E-state index in [0.29, 0.717) is 38.1 Å². The number of carboxylic acid groups (broad SMARTS) is 1. The fourth-order valence-electron chi connectivity index (χ4n) is 2.75. The number of hydrogen-bond acceptors (Lipinski definition) is 5. The second kappa shape index (κ2) is 8.16. The summed E-state index contributed by atoms with van der Waals surface area (Å²) in [5, 5.41) is 14.2. The summed E-state index contributed by atoms with van der Waals surface area (Å²) < 4.78 is 0.602. The molecule has 146 valence electrons. The lowest BCUT2D eigenvalue weighted by Gasteiger charge is -2.10. The number of thiophene rings is 1. The van der Waals surface area contributed by atoms with Gasteiger partial charge in [0.1, 0.15) is 10.6 Å². The zero-order chi connectivity index (χ0) is 20.5. The molecule has 0 fully saturated rings. The molecule has 9 heteroatoms. The highest BCUT2D eigenvalue weighted by Crippen LogP contribution is 2.34. The molecule has 5 nitrogen and oxygen atoms in total. The Labute approximate surface area is 184 Å². The molecular formula is C20H12Cl3N3O2S. The smallest absolute Gasteiger partial charge is 0.335 e. The number of carboxylic acids is 1. The molecule has 0 aliphatic rings. The van der Waals surface area contributed by atoms with Crippen molar-refractivity contribution < 1.29 is 9.90 Å². The van der Waals surface area contributed by atoms with Crippen LogP contribution in [0.4, 0.5) is 5.82 Å². The summed E-state index contributed by atoms with van der Waals surface area (Å²) in [6, 6.07) is 13.6. The Morgan fingerprint density at radius 1 is 1.00 bits per heavy atom. The molecule has 0 spiro atoms. The lowest BCUT2D eigenvalue weighted by Crippen LogP contribution is -2.04. The number of nitrogens with one attached hydrogen (secondary N) is 1. The number of aromatic nitrogens is 2. The molecular weight excluding hydrogens is 453 g/mol. The number of anilines is 1. The van der Waals surface area contributed by atoms with Gasteiger partial charge in [-0.05, 0) is 35.9 Å². The van der Waals surface area contributed by atoms with E-state index in [2.05, 4.69) is 15.3 Å². The largest absolute Gasteiger partial charge is 0.478 e. The van der Waals surface area contributed by atoms with E-state index < -0.39 is 5.97 Å². The van der Waals surface area contributed by atoms with Crippen LogP contribution >= 0.6 is 46.1 Å². The highest BCUT2D eigenvalue weighted by atomic mass is 35.5. The Morgan fingerprint density at radius 2 is 1.76 bits per heavy atom. The van der Waals surface area contributed by atoms with Crippen LogP contribution in [-0.4, -0.2) is 21.0 Å². The van der Waals surface area contributed by atoms with Gasteiger partial charge in [0.2, 0.25) is 0 Å². The van der Waals surface area contributed by atoms with Crippen molar-refractivity contribution in [1.29, 1.82) is 0 Å². The Bertz CT molecular complexity index is 1230. The van der Waals surface area contributed by atoms with Gasteiger partial charge in [0.05, 0.1) is 25.3 Å². The van der Waals surface area contributed by atoms with Crippen molar-refractivity contribution in [1.82, 2.24) is 9.97 Å². The van der Waals surface area contributed by atoms with Crippen LogP contribution in [0.1, 0.15) is 15.9 Å². The predicted molar refractivity (Wildman–Crippen MR) is 119 cm³/mol. The van der Waals surface area contributed by atoms with Gasteiger partial charge in [-0.2, -0.15) is 0 Å². The first-order valence-electron chi connectivity index (χ1n) is 8.39. The van der Waals surface area contributed by atoms with E-state index in [9.17, 15) is 4.79 Å². The second-order valence-electron chi connectivity index (χ2n) is 6.15. The molecule has 4 aromatic rings. The number of fused-ring (bicyclic) bond motifs is 1. The summed E-state index contributed by atoms with van der Waals surface area (Å²) in [5.74, 6) is 0.119. The van der Waals surface area contributed by atoms with Gasteiger partial charge in [0.25, 0.3) is 0 Å². The maximum atomic E-state index is 11.1. The molecule has 0 saturated heterocycles. The number of rotatable bonds is 5. The van der Waals surface area contributed by atoms with E-state index in [4.69, 9.17) is 39.9 Å². The molecule has 0 bridgehead atoms. The third kappa shape index (κ3) is 4.31. The molecule has 2 heterocycles. The summed E-state index contributed by atoms with van der Waals surface area (Å²) >= 11 is 19.6. The van der Waals surface area contributed by atoms with Crippen molar-refractivity contribution in [3.05, 3.63) is 74.0 Å². The van der Waals surface area contributed by atoms with E-state index in [1.165, 1.54) is 23.5 Å². The molecule has 2 aromatic heterocycles. The summed E-state index contributed by atoms with van der Waals surface area (Å²) in [6.45, 7) is 0.480. The highest BCUT2D eigenvalue weighted by Gasteiger charge is 2.13. The molecule has 0 saturated carbocycles. The Balaban J connectivity index is 1.70. The molecule has 4 rings (SSSR count). The van der Waals surface area contributed by atoms with Gasteiger partial charge in [-0.1, -0.05) is 53.0 Å². The zero-order valence-electron chi connectivity index (χ0n) is 14.6. The highest BCUT2D eigenvalue weighted by molar-refractivity contribution is 7.22. The van der Waals surface area contributed by atoms with Crippen molar-refractivity contribution in [2.24, 2.45) is 0 Å². The number of aromatic carboxylic acids is 1. The van der Waals surface area contributed by atoms with Crippen LogP contribution in [0.5, 0.6) is 0 Å². The van der Waals surface area contributed by atoms with E-state index in [1.807, 2.05) is 12.1 Å². The predicted octanol–water partition coefficient (Wildman–Crippen LogP) is 6.63. The maximum Gasteiger partial charge on any atom is 0.335 e. The molecule has 0 aliphatic carbocycles. The maximum absolute atomic E-state index is 11.1. The van der Waals surface area contributed by atoms with Gasteiger partial charge in [-0.15, -0.1) is 11.3 Å². The monoisotopic (exact) mass is 463 g/mol. The molecule has 0 unspecified atom stereocenters. The zero-order valence-corrected chi connectivity index (χ0v) is 17.7. The molecule has 0 radical (unpaired) electrons. The lowest BCUT2D eigenvalue weighted by atomic mass is 10.1. The van der Waals surface area contributed by atoms with Crippen LogP contribution in [0.15, 0.2) is 48.5 Å². The van der Waals surface area contributed by atoms with E-state index in [0.717, 1.165) is 15.8 Å². The second-order valence-corrected chi connectivity index (χ2v) is 8.63. The summed E-state index contributed by atoms with van der Waals surface area (Å²) in [7, 11) is 0. The summed E-state index contributed by atoms with van der Waals surface area (Å²) in [4.78, 5) is 21.0. The van der Waals surface area contributed by atoms with Gasteiger partial charge in [0.15, 0.2) is 5.82 Å². The van der Waals surface area contributed by atoms with Crippen LogP contribution in [-0.2, 0) is 6.54 Å². The molecule has 0 amide bonds. The molecule has 2 aromatic carbocycles. The quantitative estimate of drug-likeness (QED) is 0.347. The van der Waals surface area contributed by atoms with Gasteiger partial charge in [0, 0.05) is 12.1 Å². The average molecular weight is 465 g/mol. The number of nitrogens with zero attached hydrogens (tertiary/aromatic N) is 2. The number of carbonyl (C=O) groups is 1. The Hall–Kier alpha value is -2.38. The first kappa shape index (κ1) is 19.9. The van der Waals surface area contributed by atoms with Crippen molar-refractivity contribution in [3.63, 3.8) is 0 Å². The van der Waals surface area contributed by atoms with E-state index in [1.54, 1.807) is 24.3 Å².